The normalized spacial score (nSPS) is 13.0. The monoisotopic (exact) mass is 403 g/mol. The van der Waals surface area contributed by atoms with E-state index in [1.165, 1.54) is 0 Å². The van der Waals surface area contributed by atoms with Crippen LogP contribution in [0.15, 0.2) is 16.6 Å². The molecule has 1 atom stereocenters. The molecule has 0 spiro atoms. The molecule has 6 nitrogen and oxygen atoms in total. The molecule has 0 radical (unpaired) electrons. The van der Waals surface area contributed by atoms with Gasteiger partial charge in [0.2, 0.25) is 14.8 Å². The number of benzene rings is 1. The lowest BCUT2D eigenvalue weighted by molar-refractivity contribution is -0.386. The largest absolute Gasteiger partial charge is 0.486 e. The molecule has 0 bridgehead atoms. The molecule has 10 heteroatoms. The van der Waals surface area contributed by atoms with E-state index in [9.17, 15) is 22.9 Å². The lowest BCUT2D eigenvalue weighted by atomic mass is 10.1. The standard InChI is InChI=1S/C11H12BrClFNO5S/c1-2-7(6-21(13,18)19)5-20-11-9(12)3-8(14)4-10(11)15(16)17/h3-4,7H,2,5-6H2,1H3. The van der Waals surface area contributed by atoms with E-state index in [4.69, 9.17) is 15.4 Å². The predicted octanol–water partition coefficient (Wildman–Crippen LogP) is 3.47. The van der Waals surface area contributed by atoms with Gasteiger partial charge in [-0.2, -0.15) is 0 Å². The average Bonchev–Trinajstić information content (AvgIpc) is 2.33. The van der Waals surface area contributed by atoms with E-state index in [0.29, 0.717) is 6.42 Å². The first-order valence-corrected chi connectivity index (χ1v) is 9.09. The van der Waals surface area contributed by atoms with E-state index < -0.39 is 31.4 Å². The number of nitro benzene ring substituents is 1. The van der Waals surface area contributed by atoms with Crippen molar-refractivity contribution in [2.75, 3.05) is 12.4 Å². The highest BCUT2D eigenvalue weighted by molar-refractivity contribution is 9.10. The summed E-state index contributed by atoms with van der Waals surface area (Å²) in [6, 6.07) is 1.76. The van der Waals surface area contributed by atoms with Crippen molar-refractivity contribution in [3.05, 3.63) is 32.5 Å². The number of hydrogen-bond donors (Lipinski definition) is 0. The number of nitro groups is 1. The maximum Gasteiger partial charge on any atom is 0.315 e. The maximum absolute atomic E-state index is 13.2. The second-order valence-electron chi connectivity index (χ2n) is 4.28. The quantitative estimate of drug-likeness (QED) is 0.394. The van der Waals surface area contributed by atoms with Gasteiger partial charge < -0.3 is 4.74 Å². The third kappa shape index (κ3) is 5.76. The first-order valence-electron chi connectivity index (χ1n) is 5.82. The summed E-state index contributed by atoms with van der Waals surface area (Å²) in [6.07, 6.45) is 0.457. The van der Waals surface area contributed by atoms with Crippen LogP contribution >= 0.6 is 26.6 Å². The smallest absolute Gasteiger partial charge is 0.315 e. The molecule has 0 amide bonds. The zero-order valence-corrected chi connectivity index (χ0v) is 14.0. The molecule has 21 heavy (non-hydrogen) atoms. The molecule has 0 heterocycles. The number of rotatable bonds is 7. The Morgan fingerprint density at radius 1 is 1.52 bits per heavy atom. The Balaban J connectivity index is 2.95. The fourth-order valence-electron chi connectivity index (χ4n) is 1.59. The van der Waals surface area contributed by atoms with Gasteiger partial charge >= 0.3 is 5.69 Å². The molecule has 1 rings (SSSR count). The first kappa shape index (κ1) is 18.1. The van der Waals surface area contributed by atoms with E-state index in [2.05, 4.69) is 15.9 Å². The molecule has 0 N–H and O–H groups in total. The fourth-order valence-corrected chi connectivity index (χ4v) is 3.56. The summed E-state index contributed by atoms with van der Waals surface area (Å²) in [5, 5.41) is 10.9. The van der Waals surface area contributed by atoms with Crippen LogP contribution in [0.5, 0.6) is 5.75 Å². The molecule has 1 unspecified atom stereocenters. The van der Waals surface area contributed by atoms with Gasteiger partial charge in [-0.3, -0.25) is 10.1 Å². The summed E-state index contributed by atoms with van der Waals surface area (Å²) >= 11 is 2.99. The third-order valence-electron chi connectivity index (χ3n) is 2.66. The topological polar surface area (TPSA) is 86.5 Å². The minimum absolute atomic E-state index is 0.0813. The van der Waals surface area contributed by atoms with Gasteiger partial charge in [0.05, 0.1) is 27.8 Å². The second-order valence-corrected chi connectivity index (χ2v) is 7.96. The SMILES string of the molecule is CCC(COc1c(Br)cc(F)cc1[N+](=O)[O-])CS(=O)(=O)Cl. The van der Waals surface area contributed by atoms with Crippen molar-refractivity contribution in [3.63, 3.8) is 0 Å². The van der Waals surface area contributed by atoms with Crippen LogP contribution in [0, 0.1) is 21.8 Å². The van der Waals surface area contributed by atoms with Gasteiger partial charge in [0, 0.05) is 16.6 Å². The van der Waals surface area contributed by atoms with Crippen LogP contribution in [0.1, 0.15) is 13.3 Å². The van der Waals surface area contributed by atoms with Gasteiger partial charge in [0.15, 0.2) is 0 Å². The summed E-state index contributed by atoms with van der Waals surface area (Å²) < 4.78 is 40.6. The van der Waals surface area contributed by atoms with Crippen LogP contribution in [0.3, 0.4) is 0 Å². The minimum atomic E-state index is -3.70. The lowest BCUT2D eigenvalue weighted by Gasteiger charge is -2.15. The number of nitrogens with zero attached hydrogens (tertiary/aromatic N) is 1. The van der Waals surface area contributed by atoms with Crippen molar-refractivity contribution in [2.24, 2.45) is 5.92 Å². The highest BCUT2D eigenvalue weighted by Crippen LogP contribution is 2.36. The Morgan fingerprint density at radius 3 is 2.62 bits per heavy atom. The zero-order valence-electron chi connectivity index (χ0n) is 10.9. The van der Waals surface area contributed by atoms with Gasteiger partial charge in [-0.05, 0) is 28.4 Å². The van der Waals surface area contributed by atoms with E-state index in [1.54, 1.807) is 6.92 Å². The molecule has 1 aromatic carbocycles. The molecule has 118 valence electrons. The summed E-state index contributed by atoms with van der Waals surface area (Å²) in [5.74, 6) is -1.66. The zero-order chi connectivity index (χ0) is 16.2. The molecule has 0 fully saturated rings. The number of halogens is 3. The van der Waals surface area contributed by atoms with E-state index in [0.717, 1.165) is 12.1 Å². The Labute approximate surface area is 133 Å². The minimum Gasteiger partial charge on any atom is -0.486 e. The Kier molecular flexibility index (Phi) is 6.36. The van der Waals surface area contributed by atoms with Crippen LogP contribution in [0.25, 0.3) is 0 Å². The van der Waals surface area contributed by atoms with Crippen molar-refractivity contribution < 1.29 is 22.5 Å². The van der Waals surface area contributed by atoms with Crippen LogP contribution < -0.4 is 4.74 Å². The van der Waals surface area contributed by atoms with Crippen molar-refractivity contribution >= 4 is 41.4 Å². The molecular formula is C11H12BrClFNO5S. The molecular weight excluding hydrogens is 393 g/mol. The molecule has 0 aliphatic heterocycles. The van der Waals surface area contributed by atoms with Gasteiger partial charge in [0.25, 0.3) is 0 Å². The summed E-state index contributed by atoms with van der Waals surface area (Å²) in [7, 11) is 1.48. The molecule has 0 aliphatic carbocycles. The van der Waals surface area contributed by atoms with Gasteiger partial charge in [-0.25, -0.2) is 12.8 Å². The van der Waals surface area contributed by atoms with Crippen molar-refractivity contribution in [3.8, 4) is 5.75 Å². The van der Waals surface area contributed by atoms with Gasteiger partial charge in [-0.15, -0.1) is 0 Å². The van der Waals surface area contributed by atoms with Gasteiger partial charge in [-0.1, -0.05) is 6.92 Å². The fraction of sp³-hybridized carbons (Fsp3) is 0.455. The second kappa shape index (κ2) is 7.37. The third-order valence-corrected chi connectivity index (χ3v) is 4.50. The molecule has 0 aromatic heterocycles. The Bertz CT molecular complexity index is 640. The van der Waals surface area contributed by atoms with Crippen molar-refractivity contribution in [2.45, 2.75) is 13.3 Å². The summed E-state index contributed by atoms with van der Waals surface area (Å²) in [6.45, 7) is 1.65. The lowest BCUT2D eigenvalue weighted by Crippen LogP contribution is -2.19. The van der Waals surface area contributed by atoms with E-state index in [1.807, 2.05) is 0 Å². The number of hydrogen-bond acceptors (Lipinski definition) is 5. The summed E-state index contributed by atoms with van der Waals surface area (Å²) in [4.78, 5) is 10.1. The van der Waals surface area contributed by atoms with Crippen LogP contribution in [-0.2, 0) is 9.05 Å². The number of ether oxygens (including phenoxy) is 1. The predicted molar refractivity (Wildman–Crippen MR) is 79.7 cm³/mol. The highest BCUT2D eigenvalue weighted by Gasteiger charge is 2.23. The van der Waals surface area contributed by atoms with Crippen molar-refractivity contribution in [1.29, 1.82) is 0 Å². The Morgan fingerprint density at radius 2 is 2.14 bits per heavy atom. The van der Waals surface area contributed by atoms with Crippen LogP contribution in [-0.4, -0.2) is 25.7 Å². The van der Waals surface area contributed by atoms with Crippen LogP contribution in [0.2, 0.25) is 0 Å². The maximum atomic E-state index is 13.2. The molecule has 0 aliphatic rings. The Hall–Kier alpha value is -0.930. The van der Waals surface area contributed by atoms with E-state index >= 15 is 0 Å². The first-order chi connectivity index (χ1) is 9.64. The van der Waals surface area contributed by atoms with Crippen LogP contribution in [0.4, 0.5) is 10.1 Å². The average molecular weight is 405 g/mol. The van der Waals surface area contributed by atoms with E-state index in [-0.39, 0.29) is 22.6 Å². The molecule has 0 saturated heterocycles. The molecule has 1 aromatic rings. The highest BCUT2D eigenvalue weighted by atomic mass is 79.9. The molecule has 0 saturated carbocycles. The van der Waals surface area contributed by atoms with Crippen molar-refractivity contribution in [1.82, 2.24) is 0 Å². The summed E-state index contributed by atoms with van der Waals surface area (Å²) in [5.41, 5.74) is -0.537. The van der Waals surface area contributed by atoms with Gasteiger partial charge in [0.1, 0.15) is 5.82 Å².